The summed E-state index contributed by atoms with van der Waals surface area (Å²) in [5.74, 6) is -0.936. The van der Waals surface area contributed by atoms with Gasteiger partial charge >= 0.3 is 7.12 Å². The van der Waals surface area contributed by atoms with Crippen molar-refractivity contribution in [2.75, 3.05) is 13.1 Å². The minimum Gasteiger partial charge on any atom is -0.471 e. The van der Waals surface area contributed by atoms with Crippen molar-refractivity contribution in [2.45, 2.75) is 70.9 Å². The quantitative estimate of drug-likeness (QED) is 0.615. The largest absolute Gasteiger partial charge is 0.496 e. The van der Waals surface area contributed by atoms with E-state index in [0.717, 1.165) is 11.1 Å². The Balaban J connectivity index is 1.42. The summed E-state index contributed by atoms with van der Waals surface area (Å²) in [6.07, 6.45) is -0.337. The number of nitrogens with zero attached hydrogens (tertiary/aromatic N) is 2. The van der Waals surface area contributed by atoms with Gasteiger partial charge in [-0.05, 0) is 46.2 Å². The second-order valence-corrected chi connectivity index (χ2v) is 10.5. The standard InChI is InChI=1S/C26H33BFN3O5/c1-16-6-8-17(9-7-16)12-22(32)31-11-10-21(20(28)15-31)34-24-19(23(29)33)13-18(14-30-24)27-35-25(2,3)26(4,5)36-27/h6-9,13-14,20-21H,10-12,15H2,1-5H3,(H2,29,33)/t20-,21-/m0/s1. The van der Waals surface area contributed by atoms with Crippen LogP contribution in [0.2, 0.25) is 0 Å². The zero-order valence-corrected chi connectivity index (χ0v) is 21.4. The first-order valence-corrected chi connectivity index (χ1v) is 12.2. The lowest BCUT2D eigenvalue weighted by Crippen LogP contribution is -2.49. The Morgan fingerprint density at radius 1 is 1.19 bits per heavy atom. The Morgan fingerprint density at radius 3 is 2.42 bits per heavy atom. The second kappa shape index (κ2) is 9.82. The molecule has 1 aromatic heterocycles. The van der Waals surface area contributed by atoms with Gasteiger partial charge in [-0.25, -0.2) is 9.37 Å². The molecule has 36 heavy (non-hydrogen) atoms. The minimum atomic E-state index is -1.44. The fourth-order valence-electron chi connectivity index (χ4n) is 4.23. The molecular formula is C26H33BFN3O5. The molecule has 0 radical (unpaired) electrons. The summed E-state index contributed by atoms with van der Waals surface area (Å²) in [6.45, 7) is 9.92. The number of primary amides is 1. The molecule has 2 aliphatic heterocycles. The Bertz CT molecular complexity index is 1120. The maximum atomic E-state index is 15.1. The number of halogens is 1. The molecule has 2 N–H and O–H groups in total. The van der Waals surface area contributed by atoms with E-state index in [-0.39, 0.29) is 36.7 Å². The third-order valence-corrected chi connectivity index (χ3v) is 7.24. The molecule has 0 aliphatic carbocycles. The van der Waals surface area contributed by atoms with Crippen LogP contribution in [0.5, 0.6) is 5.88 Å². The number of carbonyl (C=O) groups is 2. The summed E-state index contributed by atoms with van der Waals surface area (Å²) >= 11 is 0. The van der Waals surface area contributed by atoms with E-state index >= 15 is 4.39 Å². The van der Waals surface area contributed by atoms with Crippen LogP contribution in [0, 0.1) is 6.92 Å². The topological polar surface area (TPSA) is 104 Å². The predicted octanol–water partition coefficient (Wildman–Crippen LogP) is 2.35. The van der Waals surface area contributed by atoms with E-state index < -0.39 is 36.5 Å². The normalized spacial score (nSPS) is 22.9. The molecule has 0 bridgehead atoms. The molecule has 1 aromatic carbocycles. The smallest absolute Gasteiger partial charge is 0.471 e. The highest BCUT2D eigenvalue weighted by molar-refractivity contribution is 6.62. The number of hydrogen-bond donors (Lipinski definition) is 1. The predicted molar refractivity (Wildman–Crippen MR) is 134 cm³/mol. The van der Waals surface area contributed by atoms with Crippen LogP contribution in [0.15, 0.2) is 36.5 Å². The van der Waals surface area contributed by atoms with E-state index in [1.165, 1.54) is 17.2 Å². The molecule has 3 heterocycles. The number of piperidine rings is 1. The minimum absolute atomic E-state index is 0.0206. The van der Waals surface area contributed by atoms with Crippen molar-refractivity contribution < 1.29 is 28.0 Å². The number of ether oxygens (including phenoxy) is 1. The van der Waals surface area contributed by atoms with E-state index in [9.17, 15) is 9.59 Å². The van der Waals surface area contributed by atoms with Gasteiger partial charge in [-0.3, -0.25) is 9.59 Å². The number of carbonyl (C=O) groups excluding carboxylic acids is 2. The maximum Gasteiger partial charge on any atom is 0.496 e. The highest BCUT2D eigenvalue weighted by atomic mass is 19.1. The van der Waals surface area contributed by atoms with Crippen molar-refractivity contribution in [3.63, 3.8) is 0 Å². The van der Waals surface area contributed by atoms with Crippen molar-refractivity contribution >= 4 is 24.4 Å². The molecule has 10 heteroatoms. The van der Waals surface area contributed by atoms with Crippen molar-refractivity contribution in [1.29, 1.82) is 0 Å². The van der Waals surface area contributed by atoms with Gasteiger partial charge in [0.1, 0.15) is 11.7 Å². The van der Waals surface area contributed by atoms with Crippen LogP contribution in [0.25, 0.3) is 0 Å². The summed E-state index contributed by atoms with van der Waals surface area (Å²) in [4.78, 5) is 30.6. The molecular weight excluding hydrogens is 464 g/mol. The third kappa shape index (κ3) is 5.39. The highest BCUT2D eigenvalue weighted by Gasteiger charge is 2.52. The number of amides is 2. The van der Waals surface area contributed by atoms with Gasteiger partial charge in [-0.1, -0.05) is 29.8 Å². The molecule has 2 fully saturated rings. The Morgan fingerprint density at radius 2 is 1.83 bits per heavy atom. The van der Waals surface area contributed by atoms with Crippen LogP contribution in [0.3, 0.4) is 0 Å². The van der Waals surface area contributed by atoms with Crippen LogP contribution in [0.1, 0.15) is 55.6 Å². The summed E-state index contributed by atoms with van der Waals surface area (Å²) in [5, 5.41) is 0. The lowest BCUT2D eigenvalue weighted by atomic mass is 9.79. The second-order valence-electron chi connectivity index (χ2n) is 10.5. The molecule has 0 spiro atoms. The molecule has 2 aromatic rings. The van der Waals surface area contributed by atoms with E-state index in [1.54, 1.807) is 0 Å². The summed E-state index contributed by atoms with van der Waals surface area (Å²) in [5.41, 5.74) is 6.99. The average molecular weight is 497 g/mol. The summed E-state index contributed by atoms with van der Waals surface area (Å²) in [7, 11) is -0.730. The molecule has 192 valence electrons. The summed E-state index contributed by atoms with van der Waals surface area (Å²) in [6, 6.07) is 9.21. The number of hydrogen-bond acceptors (Lipinski definition) is 6. The average Bonchev–Trinajstić information content (AvgIpc) is 3.03. The molecule has 2 amide bonds. The van der Waals surface area contributed by atoms with Crippen LogP contribution in [-0.4, -0.2) is 65.4 Å². The Labute approximate surface area is 211 Å². The van der Waals surface area contributed by atoms with E-state index in [4.69, 9.17) is 19.8 Å². The lowest BCUT2D eigenvalue weighted by molar-refractivity contribution is -0.134. The highest BCUT2D eigenvalue weighted by Crippen LogP contribution is 2.36. The van der Waals surface area contributed by atoms with Gasteiger partial charge in [0.25, 0.3) is 5.91 Å². The zero-order chi connectivity index (χ0) is 26.3. The fourth-order valence-corrected chi connectivity index (χ4v) is 4.23. The molecule has 2 atom stereocenters. The number of nitrogens with two attached hydrogens (primary N) is 1. The lowest BCUT2D eigenvalue weighted by Gasteiger charge is -2.34. The Hall–Kier alpha value is -2.98. The number of pyridine rings is 1. The Kier molecular flexibility index (Phi) is 7.12. The van der Waals surface area contributed by atoms with Crippen LogP contribution >= 0.6 is 0 Å². The van der Waals surface area contributed by atoms with Crippen molar-refractivity contribution in [3.8, 4) is 5.88 Å². The molecule has 0 unspecified atom stereocenters. The van der Waals surface area contributed by atoms with Crippen molar-refractivity contribution in [2.24, 2.45) is 5.73 Å². The van der Waals surface area contributed by atoms with Crippen LogP contribution < -0.4 is 15.9 Å². The van der Waals surface area contributed by atoms with Gasteiger partial charge in [0, 0.05) is 24.6 Å². The van der Waals surface area contributed by atoms with Gasteiger partial charge in [0.05, 0.1) is 24.2 Å². The number of rotatable bonds is 6. The molecule has 8 nitrogen and oxygen atoms in total. The van der Waals surface area contributed by atoms with E-state index in [1.807, 2.05) is 58.9 Å². The number of aromatic nitrogens is 1. The summed E-state index contributed by atoms with van der Waals surface area (Å²) < 4.78 is 32.9. The molecule has 0 saturated carbocycles. The van der Waals surface area contributed by atoms with E-state index in [2.05, 4.69) is 4.98 Å². The fraction of sp³-hybridized carbons (Fsp3) is 0.500. The van der Waals surface area contributed by atoms with E-state index in [0.29, 0.717) is 12.0 Å². The number of aryl methyl sites for hydroxylation is 1. The number of benzene rings is 1. The van der Waals surface area contributed by atoms with Crippen molar-refractivity contribution in [1.82, 2.24) is 9.88 Å². The first-order chi connectivity index (χ1) is 16.9. The van der Waals surface area contributed by atoms with Gasteiger partial charge in [0.15, 0.2) is 6.17 Å². The van der Waals surface area contributed by atoms with Crippen LogP contribution in [-0.2, 0) is 20.5 Å². The molecule has 4 rings (SSSR count). The third-order valence-electron chi connectivity index (χ3n) is 7.24. The maximum absolute atomic E-state index is 15.1. The van der Waals surface area contributed by atoms with Gasteiger partial charge in [-0.15, -0.1) is 0 Å². The first kappa shape index (κ1) is 26.1. The SMILES string of the molecule is Cc1ccc(CC(=O)N2CC[C@H](Oc3ncc(B4OC(C)(C)C(C)(C)O4)cc3C(N)=O)[C@@H](F)C2)cc1. The number of likely N-dealkylation sites (tertiary alicyclic amines) is 1. The van der Waals surface area contributed by atoms with Crippen molar-refractivity contribution in [3.05, 3.63) is 53.2 Å². The van der Waals surface area contributed by atoms with Gasteiger partial charge < -0.3 is 24.7 Å². The van der Waals surface area contributed by atoms with Gasteiger partial charge in [0.2, 0.25) is 11.8 Å². The molecule has 2 saturated heterocycles. The molecule has 2 aliphatic rings. The van der Waals surface area contributed by atoms with Gasteiger partial charge in [-0.2, -0.15) is 0 Å². The van der Waals surface area contributed by atoms with Crippen LogP contribution in [0.4, 0.5) is 4.39 Å². The monoisotopic (exact) mass is 497 g/mol. The first-order valence-electron chi connectivity index (χ1n) is 12.2. The zero-order valence-electron chi connectivity index (χ0n) is 21.4. The number of alkyl halides is 1.